The van der Waals surface area contributed by atoms with Gasteiger partial charge < -0.3 is 19.3 Å². The monoisotopic (exact) mass is 293 g/mol. The van der Waals surface area contributed by atoms with Crippen LogP contribution in [0.25, 0.3) is 0 Å². The molecule has 0 aliphatic carbocycles. The normalized spacial score (nSPS) is 12.0. The predicted octanol–water partition coefficient (Wildman–Crippen LogP) is 1.12. The molecule has 0 saturated carbocycles. The summed E-state index contributed by atoms with van der Waals surface area (Å²) in [5, 5.41) is 14.5. The summed E-state index contributed by atoms with van der Waals surface area (Å²) in [6.07, 6.45) is 0.920. The summed E-state index contributed by atoms with van der Waals surface area (Å²) in [4.78, 5) is 4.11. The van der Waals surface area contributed by atoms with Crippen molar-refractivity contribution in [3.63, 3.8) is 0 Å². The molecule has 7 heteroatoms. The highest BCUT2D eigenvalue weighted by molar-refractivity contribution is 5.52. The number of benzene rings is 1. The van der Waals surface area contributed by atoms with Crippen LogP contribution in [0, 0.1) is 0 Å². The lowest BCUT2D eigenvalue weighted by Gasteiger charge is -2.19. The molecule has 0 aliphatic rings. The van der Waals surface area contributed by atoms with Crippen LogP contribution in [-0.4, -0.2) is 41.2 Å². The van der Waals surface area contributed by atoms with Crippen molar-refractivity contribution < 1.29 is 19.3 Å². The van der Waals surface area contributed by atoms with Crippen LogP contribution in [-0.2, 0) is 13.5 Å². The van der Waals surface area contributed by atoms with Crippen LogP contribution in [0.2, 0.25) is 0 Å². The van der Waals surface area contributed by atoms with E-state index in [2.05, 4.69) is 10.1 Å². The van der Waals surface area contributed by atoms with Crippen molar-refractivity contribution in [3.05, 3.63) is 29.8 Å². The first-order valence-corrected chi connectivity index (χ1v) is 6.41. The lowest BCUT2D eigenvalue weighted by molar-refractivity contribution is 0.165. The maximum Gasteiger partial charge on any atom is 0.138 e. The maximum absolute atomic E-state index is 10.5. The predicted molar refractivity (Wildman–Crippen MR) is 75.8 cm³/mol. The van der Waals surface area contributed by atoms with Gasteiger partial charge in [0.05, 0.1) is 33.0 Å². The zero-order valence-corrected chi connectivity index (χ0v) is 12.5. The van der Waals surface area contributed by atoms with Crippen LogP contribution < -0.4 is 14.2 Å². The second-order valence-corrected chi connectivity index (χ2v) is 4.47. The minimum atomic E-state index is -0.830. The Morgan fingerprint density at radius 2 is 1.76 bits per heavy atom. The quantitative estimate of drug-likeness (QED) is 0.860. The van der Waals surface area contributed by atoms with Crippen LogP contribution in [0.15, 0.2) is 18.5 Å². The molecule has 1 unspecified atom stereocenters. The summed E-state index contributed by atoms with van der Waals surface area (Å²) in [6.45, 7) is 0. The number of ether oxygens (including phenoxy) is 3. The summed E-state index contributed by atoms with van der Waals surface area (Å²) in [5.41, 5.74) is 0.559. The van der Waals surface area contributed by atoms with Crippen LogP contribution >= 0.6 is 0 Å². The SMILES string of the molecule is COc1cc(OC)c(C(O)Cc2ncnn2C)c(OC)c1. The van der Waals surface area contributed by atoms with E-state index < -0.39 is 6.10 Å². The highest BCUT2D eigenvalue weighted by atomic mass is 16.5. The van der Waals surface area contributed by atoms with Gasteiger partial charge in [-0.25, -0.2) is 4.98 Å². The van der Waals surface area contributed by atoms with Crippen molar-refractivity contribution >= 4 is 0 Å². The maximum atomic E-state index is 10.5. The molecule has 1 heterocycles. The molecule has 0 aliphatic heterocycles. The molecule has 0 saturated heterocycles. The Labute approximate surface area is 123 Å². The Morgan fingerprint density at radius 3 is 2.19 bits per heavy atom. The molecule has 1 atom stereocenters. The Bertz CT molecular complexity index is 587. The van der Waals surface area contributed by atoms with E-state index in [0.29, 0.717) is 35.1 Å². The van der Waals surface area contributed by atoms with Crippen LogP contribution in [0.5, 0.6) is 17.2 Å². The fourth-order valence-corrected chi connectivity index (χ4v) is 2.14. The molecule has 21 heavy (non-hydrogen) atoms. The van der Waals surface area contributed by atoms with Gasteiger partial charge in [0.1, 0.15) is 29.4 Å². The molecule has 2 rings (SSSR count). The van der Waals surface area contributed by atoms with Crippen LogP contribution in [0.4, 0.5) is 0 Å². The van der Waals surface area contributed by atoms with Gasteiger partial charge in [-0.2, -0.15) is 5.10 Å². The molecule has 0 amide bonds. The van der Waals surface area contributed by atoms with Gasteiger partial charge >= 0.3 is 0 Å². The summed E-state index contributed by atoms with van der Waals surface area (Å²) < 4.78 is 17.5. The average Bonchev–Trinajstić information content (AvgIpc) is 2.90. The number of hydrogen-bond donors (Lipinski definition) is 1. The average molecular weight is 293 g/mol. The minimum absolute atomic E-state index is 0.301. The largest absolute Gasteiger partial charge is 0.496 e. The van der Waals surface area contributed by atoms with Crippen molar-refractivity contribution in [3.8, 4) is 17.2 Å². The van der Waals surface area contributed by atoms with Gasteiger partial charge in [0, 0.05) is 25.6 Å². The number of aliphatic hydroxyl groups excluding tert-OH is 1. The van der Waals surface area contributed by atoms with E-state index in [1.807, 2.05) is 0 Å². The number of methoxy groups -OCH3 is 3. The third-order valence-corrected chi connectivity index (χ3v) is 3.27. The molecule has 0 fully saturated rings. The summed E-state index contributed by atoms with van der Waals surface area (Å²) in [7, 11) is 6.40. The topological polar surface area (TPSA) is 78.6 Å². The molecule has 7 nitrogen and oxygen atoms in total. The first-order valence-electron chi connectivity index (χ1n) is 6.41. The molecule has 0 bridgehead atoms. The fraction of sp³-hybridized carbons (Fsp3) is 0.429. The number of aliphatic hydroxyl groups is 1. The number of rotatable bonds is 6. The number of hydrogen-bond acceptors (Lipinski definition) is 6. The van der Waals surface area contributed by atoms with Gasteiger partial charge in [-0.15, -0.1) is 0 Å². The second-order valence-electron chi connectivity index (χ2n) is 4.47. The standard InChI is InChI=1S/C14H19N3O4/c1-17-13(15-8-16-17)7-10(18)14-11(20-3)5-9(19-2)6-12(14)21-4/h5-6,8,10,18H,7H2,1-4H3. The van der Waals surface area contributed by atoms with Gasteiger partial charge in [0.15, 0.2) is 0 Å². The van der Waals surface area contributed by atoms with Gasteiger partial charge in [-0.3, -0.25) is 4.68 Å². The van der Waals surface area contributed by atoms with Gasteiger partial charge in [0.2, 0.25) is 0 Å². The van der Waals surface area contributed by atoms with Crippen LogP contribution in [0.1, 0.15) is 17.5 Å². The van der Waals surface area contributed by atoms with Crippen molar-refractivity contribution in [2.45, 2.75) is 12.5 Å². The molecular weight excluding hydrogens is 274 g/mol. The van der Waals surface area contributed by atoms with E-state index in [-0.39, 0.29) is 0 Å². The molecule has 1 aromatic heterocycles. The van der Waals surface area contributed by atoms with E-state index in [0.717, 1.165) is 0 Å². The van der Waals surface area contributed by atoms with Crippen LogP contribution in [0.3, 0.4) is 0 Å². The number of aryl methyl sites for hydroxylation is 1. The van der Waals surface area contributed by atoms with E-state index in [1.165, 1.54) is 20.5 Å². The van der Waals surface area contributed by atoms with E-state index in [4.69, 9.17) is 14.2 Å². The molecular formula is C14H19N3O4. The third kappa shape index (κ3) is 3.08. The van der Waals surface area contributed by atoms with Gasteiger partial charge in [-0.1, -0.05) is 0 Å². The molecule has 0 radical (unpaired) electrons. The number of nitrogens with zero attached hydrogens (tertiary/aromatic N) is 3. The highest BCUT2D eigenvalue weighted by Gasteiger charge is 2.22. The van der Waals surface area contributed by atoms with Crippen molar-refractivity contribution in [2.24, 2.45) is 7.05 Å². The summed E-state index contributed by atoms with van der Waals surface area (Å²) in [6, 6.07) is 3.41. The first kappa shape index (κ1) is 15.1. The second kappa shape index (κ2) is 6.45. The lowest BCUT2D eigenvalue weighted by Crippen LogP contribution is -2.10. The third-order valence-electron chi connectivity index (χ3n) is 3.27. The van der Waals surface area contributed by atoms with Crippen molar-refractivity contribution in [1.82, 2.24) is 14.8 Å². The highest BCUT2D eigenvalue weighted by Crippen LogP contribution is 2.39. The zero-order valence-electron chi connectivity index (χ0n) is 12.5. The Morgan fingerprint density at radius 1 is 1.14 bits per heavy atom. The molecule has 114 valence electrons. The van der Waals surface area contributed by atoms with E-state index in [9.17, 15) is 5.11 Å². The molecule has 2 aromatic rings. The fourth-order valence-electron chi connectivity index (χ4n) is 2.14. The van der Waals surface area contributed by atoms with E-state index >= 15 is 0 Å². The smallest absolute Gasteiger partial charge is 0.138 e. The van der Waals surface area contributed by atoms with E-state index in [1.54, 1.807) is 31.0 Å². The lowest BCUT2D eigenvalue weighted by atomic mass is 10.0. The first-order chi connectivity index (χ1) is 10.1. The van der Waals surface area contributed by atoms with Crippen molar-refractivity contribution in [2.75, 3.05) is 21.3 Å². The Kier molecular flexibility index (Phi) is 4.64. The number of aromatic nitrogens is 3. The Hall–Kier alpha value is -2.28. The molecule has 1 N–H and O–H groups in total. The minimum Gasteiger partial charge on any atom is -0.496 e. The van der Waals surface area contributed by atoms with Crippen molar-refractivity contribution in [1.29, 1.82) is 0 Å². The Balaban J connectivity index is 2.39. The molecule has 0 spiro atoms. The van der Waals surface area contributed by atoms with Gasteiger partial charge in [0.25, 0.3) is 0 Å². The zero-order chi connectivity index (χ0) is 15.4. The summed E-state index contributed by atoms with van der Waals surface area (Å²) in [5.74, 6) is 2.27. The van der Waals surface area contributed by atoms with Gasteiger partial charge in [-0.05, 0) is 0 Å². The molecule has 1 aromatic carbocycles. The summed E-state index contributed by atoms with van der Waals surface area (Å²) >= 11 is 0.